The molecule has 0 bridgehead atoms. The number of benzene rings is 1. The topological polar surface area (TPSA) is 104 Å². The van der Waals surface area contributed by atoms with Gasteiger partial charge in [0.05, 0.1) is 18.0 Å². The summed E-state index contributed by atoms with van der Waals surface area (Å²) in [7, 11) is 0. The number of hydrogen-bond acceptors (Lipinski definition) is 6. The number of aromatic amines is 1. The van der Waals surface area contributed by atoms with Crippen LogP contribution in [0.3, 0.4) is 0 Å². The molecule has 2 N–H and O–H groups in total. The van der Waals surface area contributed by atoms with Crippen LogP contribution >= 0.6 is 11.3 Å². The van der Waals surface area contributed by atoms with Gasteiger partial charge in [-0.25, -0.2) is 0 Å². The Bertz CT molecular complexity index is 1050. The molecule has 3 aromatic rings. The van der Waals surface area contributed by atoms with E-state index in [9.17, 15) is 14.4 Å². The fourth-order valence-corrected chi connectivity index (χ4v) is 4.51. The molecule has 1 aliphatic heterocycles. The van der Waals surface area contributed by atoms with E-state index in [1.807, 2.05) is 35.7 Å². The third-order valence-corrected chi connectivity index (χ3v) is 6.08. The van der Waals surface area contributed by atoms with Crippen LogP contribution in [-0.2, 0) is 14.3 Å². The molecule has 156 valence electrons. The number of aromatic nitrogens is 2. The number of thiophene rings is 1. The van der Waals surface area contributed by atoms with Gasteiger partial charge in [-0.3, -0.25) is 19.5 Å². The van der Waals surface area contributed by atoms with Crippen LogP contribution < -0.4 is 5.32 Å². The van der Waals surface area contributed by atoms with Crippen LogP contribution in [0.15, 0.2) is 41.8 Å². The Hall–Kier alpha value is -3.20. The quantitative estimate of drug-likeness (QED) is 0.565. The molecule has 0 saturated carbocycles. The molecule has 1 aliphatic rings. The smallest absolute Gasteiger partial charge is 0.308 e. The Balaban J connectivity index is 1.21. The standard InChI is InChI=1S/C21H22N4O4S/c26-18(25-11-3-7-16(25)17-8-4-12-30-17)13-29-19(27)9-10-22-21(28)20-14-5-1-2-6-15(14)23-24-20/h1-2,4-6,8,12,16H,3,7,9-11,13H2,(H,22,28)(H,23,24). The van der Waals surface area contributed by atoms with Gasteiger partial charge in [-0.1, -0.05) is 24.3 Å². The Morgan fingerprint density at radius 1 is 1.23 bits per heavy atom. The summed E-state index contributed by atoms with van der Waals surface area (Å²) in [5.41, 5.74) is 1.05. The average Bonchev–Trinajstić information content (AvgIpc) is 3.51. The van der Waals surface area contributed by atoms with Crippen molar-refractivity contribution in [2.75, 3.05) is 19.7 Å². The first-order valence-electron chi connectivity index (χ1n) is 9.83. The van der Waals surface area contributed by atoms with Crippen molar-refractivity contribution in [3.8, 4) is 0 Å². The molecular weight excluding hydrogens is 404 g/mol. The lowest BCUT2D eigenvalue weighted by Crippen LogP contribution is -2.34. The van der Waals surface area contributed by atoms with Gasteiger partial charge in [0.2, 0.25) is 0 Å². The number of rotatable bonds is 7. The summed E-state index contributed by atoms with van der Waals surface area (Å²) in [5.74, 6) is -1.08. The molecule has 2 amide bonds. The Morgan fingerprint density at radius 3 is 2.93 bits per heavy atom. The summed E-state index contributed by atoms with van der Waals surface area (Å²) < 4.78 is 5.12. The number of H-pyrrole nitrogens is 1. The van der Waals surface area contributed by atoms with Gasteiger partial charge in [-0.05, 0) is 30.4 Å². The van der Waals surface area contributed by atoms with Crippen molar-refractivity contribution in [3.05, 3.63) is 52.3 Å². The van der Waals surface area contributed by atoms with Crippen LogP contribution in [0.2, 0.25) is 0 Å². The number of para-hydroxylation sites is 1. The van der Waals surface area contributed by atoms with E-state index in [1.54, 1.807) is 22.3 Å². The number of carbonyl (C=O) groups excluding carboxylic acids is 3. The van der Waals surface area contributed by atoms with E-state index < -0.39 is 5.97 Å². The number of carbonyl (C=O) groups is 3. The number of nitrogens with zero attached hydrogens (tertiary/aromatic N) is 2. The predicted molar refractivity (Wildman–Crippen MR) is 112 cm³/mol. The van der Waals surface area contributed by atoms with E-state index in [1.165, 1.54) is 0 Å². The van der Waals surface area contributed by atoms with E-state index in [0.29, 0.717) is 11.9 Å². The minimum absolute atomic E-state index is 0.0181. The van der Waals surface area contributed by atoms with Gasteiger partial charge < -0.3 is 15.0 Å². The van der Waals surface area contributed by atoms with Crippen molar-refractivity contribution in [2.45, 2.75) is 25.3 Å². The second-order valence-electron chi connectivity index (χ2n) is 7.04. The third kappa shape index (κ3) is 4.35. The fraction of sp³-hybridized carbons (Fsp3) is 0.333. The van der Waals surface area contributed by atoms with E-state index in [0.717, 1.165) is 23.2 Å². The van der Waals surface area contributed by atoms with Gasteiger partial charge in [0.15, 0.2) is 12.3 Å². The van der Waals surface area contributed by atoms with Gasteiger partial charge in [0.1, 0.15) is 0 Å². The Morgan fingerprint density at radius 2 is 2.10 bits per heavy atom. The van der Waals surface area contributed by atoms with Crippen LogP contribution in [0.4, 0.5) is 0 Å². The summed E-state index contributed by atoms with van der Waals surface area (Å²) >= 11 is 1.63. The van der Waals surface area contributed by atoms with Gasteiger partial charge in [0, 0.05) is 23.4 Å². The Labute approximate surface area is 177 Å². The van der Waals surface area contributed by atoms with E-state index in [2.05, 4.69) is 15.5 Å². The Kier molecular flexibility index (Phi) is 6.08. The van der Waals surface area contributed by atoms with Crippen molar-refractivity contribution in [2.24, 2.45) is 0 Å². The average molecular weight is 426 g/mol. The zero-order valence-corrected chi connectivity index (χ0v) is 17.1. The molecule has 9 heteroatoms. The van der Waals surface area contributed by atoms with Crippen molar-refractivity contribution in [1.82, 2.24) is 20.4 Å². The molecule has 4 rings (SSSR count). The molecule has 8 nitrogen and oxygen atoms in total. The summed E-state index contributed by atoms with van der Waals surface area (Å²) in [6, 6.07) is 11.4. The van der Waals surface area contributed by atoms with Crippen LogP contribution in [0.1, 0.15) is 40.7 Å². The van der Waals surface area contributed by atoms with Crippen LogP contribution in [0.25, 0.3) is 10.9 Å². The molecule has 0 spiro atoms. The first kappa shape index (κ1) is 20.1. The van der Waals surface area contributed by atoms with Crippen molar-refractivity contribution < 1.29 is 19.1 Å². The molecule has 1 atom stereocenters. The van der Waals surface area contributed by atoms with Gasteiger partial charge in [-0.2, -0.15) is 5.10 Å². The van der Waals surface area contributed by atoms with Crippen molar-refractivity contribution in [3.63, 3.8) is 0 Å². The lowest BCUT2D eigenvalue weighted by Gasteiger charge is -2.23. The number of likely N-dealkylation sites (tertiary alicyclic amines) is 1. The maximum atomic E-state index is 12.5. The molecule has 1 fully saturated rings. The lowest BCUT2D eigenvalue weighted by atomic mass is 10.2. The monoisotopic (exact) mass is 426 g/mol. The molecular formula is C21H22N4O4S. The molecule has 3 heterocycles. The molecule has 1 saturated heterocycles. The predicted octanol–water partition coefficient (Wildman–Crippen LogP) is 2.65. The zero-order valence-electron chi connectivity index (χ0n) is 16.3. The number of fused-ring (bicyclic) bond motifs is 1. The molecule has 30 heavy (non-hydrogen) atoms. The van der Waals surface area contributed by atoms with Gasteiger partial charge in [0.25, 0.3) is 11.8 Å². The number of amides is 2. The van der Waals surface area contributed by atoms with Crippen molar-refractivity contribution >= 4 is 40.0 Å². The second-order valence-corrected chi connectivity index (χ2v) is 8.02. The van der Waals surface area contributed by atoms with E-state index >= 15 is 0 Å². The van der Waals surface area contributed by atoms with Crippen LogP contribution in [-0.4, -0.2) is 52.6 Å². The van der Waals surface area contributed by atoms with E-state index in [4.69, 9.17) is 4.74 Å². The zero-order chi connectivity index (χ0) is 20.9. The fourth-order valence-electron chi connectivity index (χ4n) is 3.64. The number of hydrogen-bond donors (Lipinski definition) is 2. The highest BCUT2D eigenvalue weighted by Crippen LogP contribution is 2.34. The number of esters is 1. The highest BCUT2D eigenvalue weighted by molar-refractivity contribution is 7.10. The van der Waals surface area contributed by atoms with Crippen LogP contribution in [0.5, 0.6) is 0 Å². The SMILES string of the molecule is O=C(CCNC(=O)c1n[nH]c2ccccc12)OCC(=O)N1CCCC1c1cccs1. The maximum Gasteiger partial charge on any atom is 0.308 e. The normalized spacial score (nSPS) is 16.0. The minimum atomic E-state index is -0.526. The third-order valence-electron chi connectivity index (χ3n) is 5.10. The van der Waals surface area contributed by atoms with Gasteiger partial charge in [-0.15, -0.1) is 11.3 Å². The largest absolute Gasteiger partial charge is 0.456 e. The van der Waals surface area contributed by atoms with Gasteiger partial charge >= 0.3 is 5.97 Å². The highest BCUT2D eigenvalue weighted by atomic mass is 32.1. The number of nitrogens with one attached hydrogen (secondary N) is 2. The molecule has 0 radical (unpaired) electrons. The summed E-state index contributed by atoms with van der Waals surface area (Å²) in [6.07, 6.45) is 1.85. The highest BCUT2D eigenvalue weighted by Gasteiger charge is 2.30. The molecule has 2 aromatic heterocycles. The maximum absolute atomic E-state index is 12.5. The van der Waals surface area contributed by atoms with Crippen molar-refractivity contribution in [1.29, 1.82) is 0 Å². The van der Waals surface area contributed by atoms with E-state index in [-0.39, 0.29) is 43.1 Å². The second kappa shape index (κ2) is 9.08. The molecule has 1 aromatic carbocycles. The lowest BCUT2D eigenvalue weighted by molar-refractivity contribution is -0.152. The summed E-state index contributed by atoms with van der Waals surface area (Å²) in [6.45, 7) is 0.500. The molecule has 1 unspecified atom stereocenters. The first-order chi connectivity index (χ1) is 14.6. The molecule has 0 aliphatic carbocycles. The summed E-state index contributed by atoms with van der Waals surface area (Å²) in [5, 5.41) is 12.2. The summed E-state index contributed by atoms with van der Waals surface area (Å²) in [4.78, 5) is 39.7. The number of ether oxygens (including phenoxy) is 1. The first-order valence-corrected chi connectivity index (χ1v) is 10.7. The van der Waals surface area contributed by atoms with Crippen LogP contribution in [0, 0.1) is 0 Å². The minimum Gasteiger partial charge on any atom is -0.456 e.